The molecule has 0 saturated heterocycles. The molecule has 0 spiro atoms. The predicted molar refractivity (Wildman–Crippen MR) is 104 cm³/mol. The molecule has 27 heavy (non-hydrogen) atoms. The summed E-state index contributed by atoms with van der Waals surface area (Å²) in [4.78, 5) is 11.1. The molecule has 2 aromatic carbocycles. The molecule has 0 amide bonds. The third-order valence-electron chi connectivity index (χ3n) is 3.82. The van der Waals surface area contributed by atoms with E-state index in [-0.39, 0.29) is 5.69 Å². The lowest BCUT2D eigenvalue weighted by Crippen LogP contribution is -2.21. The minimum atomic E-state index is -0.683. The van der Waals surface area contributed by atoms with E-state index in [4.69, 9.17) is 0 Å². The molecule has 140 valence electrons. The molecule has 0 aliphatic heterocycles. The zero-order valence-corrected chi connectivity index (χ0v) is 15.2. The molecule has 2 N–H and O–H groups in total. The number of nitrogens with zero attached hydrogens (tertiary/aromatic N) is 3. The third-order valence-corrected chi connectivity index (χ3v) is 3.82. The maximum atomic E-state index is 14.0. The highest BCUT2D eigenvalue weighted by atomic mass is 19.1. The average Bonchev–Trinajstić information content (AvgIpc) is 2.64. The second-order valence-electron chi connectivity index (χ2n) is 6.31. The van der Waals surface area contributed by atoms with Crippen LogP contribution in [0.25, 0.3) is 11.4 Å². The van der Waals surface area contributed by atoms with Crippen LogP contribution in [-0.2, 0) is 0 Å². The fourth-order valence-corrected chi connectivity index (χ4v) is 2.45. The van der Waals surface area contributed by atoms with Crippen LogP contribution in [0.5, 0.6) is 0 Å². The maximum Gasteiger partial charge on any atom is 0.163 e. The van der Waals surface area contributed by atoms with E-state index in [0.717, 1.165) is 18.2 Å². The van der Waals surface area contributed by atoms with Crippen LogP contribution in [0.1, 0.15) is 0 Å². The summed E-state index contributed by atoms with van der Waals surface area (Å²) in [5, 5.41) is 6.16. The van der Waals surface area contributed by atoms with Gasteiger partial charge in [-0.15, -0.1) is 0 Å². The highest BCUT2D eigenvalue weighted by Gasteiger charge is 2.10. The lowest BCUT2D eigenvalue weighted by atomic mass is 10.2. The van der Waals surface area contributed by atoms with Crippen LogP contribution in [0.2, 0.25) is 0 Å². The molecular weight excluding hydrogens is 348 g/mol. The van der Waals surface area contributed by atoms with Gasteiger partial charge in [0.1, 0.15) is 23.3 Å². The normalized spacial score (nSPS) is 10.9. The standard InChI is InChI=1S/C20H21F2N5/c1-27(2)11-10-23-18-13-19(24-17-9-8-15(21)12-16(17)22)26-20(25-18)14-6-4-3-5-7-14/h3-9,12-13H,10-11H2,1-2H3,(H2,23,24,25,26). The molecule has 1 heterocycles. The molecule has 0 aliphatic carbocycles. The van der Waals surface area contributed by atoms with E-state index in [0.29, 0.717) is 24.0 Å². The Labute approximate surface area is 157 Å². The van der Waals surface area contributed by atoms with Crippen LogP contribution >= 0.6 is 0 Å². The number of nitrogens with one attached hydrogen (secondary N) is 2. The van der Waals surface area contributed by atoms with Crippen molar-refractivity contribution in [3.05, 3.63) is 66.2 Å². The fourth-order valence-electron chi connectivity index (χ4n) is 2.45. The van der Waals surface area contributed by atoms with Crippen molar-refractivity contribution in [1.82, 2.24) is 14.9 Å². The van der Waals surface area contributed by atoms with Gasteiger partial charge in [0.05, 0.1) is 5.69 Å². The Bertz CT molecular complexity index is 900. The molecular formula is C20H21F2N5. The van der Waals surface area contributed by atoms with Gasteiger partial charge in [-0.25, -0.2) is 18.7 Å². The molecule has 1 aromatic heterocycles. The van der Waals surface area contributed by atoms with Crippen molar-refractivity contribution in [2.45, 2.75) is 0 Å². The van der Waals surface area contributed by atoms with Crippen molar-refractivity contribution >= 4 is 17.3 Å². The van der Waals surface area contributed by atoms with Gasteiger partial charge in [0.15, 0.2) is 5.82 Å². The number of anilines is 3. The number of aromatic nitrogens is 2. The van der Waals surface area contributed by atoms with Crippen molar-refractivity contribution < 1.29 is 8.78 Å². The first-order valence-electron chi connectivity index (χ1n) is 8.56. The Morgan fingerprint density at radius 3 is 2.37 bits per heavy atom. The summed E-state index contributed by atoms with van der Waals surface area (Å²) in [7, 11) is 3.97. The first-order valence-corrected chi connectivity index (χ1v) is 8.56. The second-order valence-corrected chi connectivity index (χ2v) is 6.31. The van der Waals surface area contributed by atoms with Crippen LogP contribution < -0.4 is 10.6 Å². The topological polar surface area (TPSA) is 53.1 Å². The van der Waals surface area contributed by atoms with Gasteiger partial charge in [0, 0.05) is 30.8 Å². The molecule has 3 rings (SSSR count). The van der Waals surface area contributed by atoms with Crippen molar-refractivity contribution in [2.75, 3.05) is 37.8 Å². The first kappa shape index (κ1) is 18.7. The minimum Gasteiger partial charge on any atom is -0.369 e. The highest BCUT2D eigenvalue weighted by molar-refractivity contribution is 5.65. The summed E-state index contributed by atoms with van der Waals surface area (Å²) in [6.45, 7) is 1.53. The summed E-state index contributed by atoms with van der Waals surface area (Å²) in [5.41, 5.74) is 0.991. The van der Waals surface area contributed by atoms with Gasteiger partial charge in [-0.2, -0.15) is 0 Å². The van der Waals surface area contributed by atoms with Gasteiger partial charge >= 0.3 is 0 Å². The van der Waals surface area contributed by atoms with E-state index in [2.05, 4.69) is 25.5 Å². The molecule has 3 aromatic rings. The van der Waals surface area contributed by atoms with E-state index in [9.17, 15) is 8.78 Å². The number of benzene rings is 2. The zero-order valence-electron chi connectivity index (χ0n) is 15.2. The Balaban J connectivity index is 1.91. The molecule has 0 fully saturated rings. The number of halogens is 2. The molecule has 0 saturated carbocycles. The molecule has 0 aliphatic rings. The predicted octanol–water partition coefficient (Wildman–Crippen LogP) is 4.14. The Morgan fingerprint density at radius 2 is 1.67 bits per heavy atom. The Kier molecular flexibility index (Phi) is 5.93. The summed E-state index contributed by atoms with van der Waals surface area (Å²) in [6.07, 6.45) is 0. The van der Waals surface area contributed by atoms with E-state index in [1.165, 1.54) is 12.1 Å². The Morgan fingerprint density at radius 1 is 0.926 bits per heavy atom. The number of hydrogen-bond acceptors (Lipinski definition) is 5. The fraction of sp³-hybridized carbons (Fsp3) is 0.200. The van der Waals surface area contributed by atoms with E-state index >= 15 is 0 Å². The van der Waals surface area contributed by atoms with Crippen molar-refractivity contribution in [1.29, 1.82) is 0 Å². The van der Waals surface area contributed by atoms with Crippen LogP contribution in [0, 0.1) is 11.6 Å². The molecule has 7 heteroatoms. The van der Waals surface area contributed by atoms with Crippen LogP contribution in [0.3, 0.4) is 0 Å². The summed E-state index contributed by atoms with van der Waals surface area (Å²) in [5.74, 6) is 0.238. The number of hydrogen-bond donors (Lipinski definition) is 2. The largest absolute Gasteiger partial charge is 0.369 e. The SMILES string of the molecule is CN(C)CCNc1cc(Nc2ccc(F)cc2F)nc(-c2ccccc2)n1. The van der Waals surface area contributed by atoms with Gasteiger partial charge in [-0.1, -0.05) is 30.3 Å². The summed E-state index contributed by atoms with van der Waals surface area (Å²) < 4.78 is 27.1. The zero-order chi connectivity index (χ0) is 19.2. The molecule has 0 atom stereocenters. The van der Waals surface area contributed by atoms with Crippen LogP contribution in [0.4, 0.5) is 26.1 Å². The highest BCUT2D eigenvalue weighted by Crippen LogP contribution is 2.24. The van der Waals surface area contributed by atoms with Crippen molar-refractivity contribution in [2.24, 2.45) is 0 Å². The van der Waals surface area contributed by atoms with E-state index < -0.39 is 11.6 Å². The van der Waals surface area contributed by atoms with Gasteiger partial charge < -0.3 is 15.5 Å². The van der Waals surface area contributed by atoms with Crippen LogP contribution in [-0.4, -0.2) is 42.1 Å². The monoisotopic (exact) mass is 369 g/mol. The van der Waals surface area contributed by atoms with E-state index in [1.54, 1.807) is 6.07 Å². The minimum absolute atomic E-state index is 0.147. The second kappa shape index (κ2) is 8.55. The molecule has 0 bridgehead atoms. The Hall–Kier alpha value is -3.06. The van der Waals surface area contributed by atoms with Crippen LogP contribution in [0.15, 0.2) is 54.6 Å². The van der Waals surface area contributed by atoms with E-state index in [1.807, 2.05) is 44.4 Å². The van der Waals surface area contributed by atoms with Gasteiger partial charge in [-0.3, -0.25) is 0 Å². The number of rotatable bonds is 7. The van der Waals surface area contributed by atoms with Gasteiger partial charge in [-0.05, 0) is 26.2 Å². The molecule has 5 nitrogen and oxygen atoms in total. The van der Waals surface area contributed by atoms with Gasteiger partial charge in [0.25, 0.3) is 0 Å². The lowest BCUT2D eigenvalue weighted by molar-refractivity contribution is 0.425. The molecule has 0 radical (unpaired) electrons. The average molecular weight is 369 g/mol. The quantitative estimate of drug-likeness (QED) is 0.656. The molecule has 0 unspecified atom stereocenters. The van der Waals surface area contributed by atoms with Crippen molar-refractivity contribution in [3.8, 4) is 11.4 Å². The summed E-state index contributed by atoms with van der Waals surface area (Å²) >= 11 is 0. The third kappa shape index (κ3) is 5.21. The number of likely N-dealkylation sites (N-methyl/N-ethyl adjacent to an activating group) is 1. The smallest absolute Gasteiger partial charge is 0.163 e. The van der Waals surface area contributed by atoms with Crippen molar-refractivity contribution in [3.63, 3.8) is 0 Å². The first-order chi connectivity index (χ1) is 13.0. The maximum absolute atomic E-state index is 14.0. The lowest BCUT2D eigenvalue weighted by Gasteiger charge is -2.14. The van der Waals surface area contributed by atoms with Gasteiger partial charge in [0.2, 0.25) is 0 Å². The summed E-state index contributed by atoms with van der Waals surface area (Å²) in [6, 6.07) is 14.6.